The van der Waals surface area contributed by atoms with Crippen molar-refractivity contribution in [1.29, 1.82) is 0 Å². The normalized spacial score (nSPS) is 10.5. The predicted molar refractivity (Wildman–Crippen MR) is 99.2 cm³/mol. The molecule has 0 radical (unpaired) electrons. The van der Waals surface area contributed by atoms with E-state index in [4.69, 9.17) is 9.26 Å². The number of carbonyl (C=O) groups is 1. The molecule has 0 saturated carbocycles. The van der Waals surface area contributed by atoms with Crippen LogP contribution in [0.15, 0.2) is 52.1 Å². The van der Waals surface area contributed by atoms with E-state index in [1.807, 2.05) is 43.3 Å². The summed E-state index contributed by atoms with van der Waals surface area (Å²) in [5.74, 6) is 1.95. The molecule has 8 heteroatoms. The van der Waals surface area contributed by atoms with Crippen molar-refractivity contribution in [3.05, 3.63) is 48.4 Å². The molecule has 0 aliphatic rings. The summed E-state index contributed by atoms with van der Waals surface area (Å²) in [6.45, 7) is 4.30. The van der Waals surface area contributed by atoms with E-state index < -0.39 is 0 Å². The van der Waals surface area contributed by atoms with Crippen LogP contribution in [0.2, 0.25) is 0 Å². The van der Waals surface area contributed by atoms with Gasteiger partial charge < -0.3 is 14.6 Å². The molecule has 0 bridgehead atoms. The average molecular weight is 370 g/mol. The first kappa shape index (κ1) is 17.9. The highest BCUT2D eigenvalue weighted by Crippen LogP contribution is 2.21. The number of carbonyl (C=O) groups excluding carboxylic acids is 1. The van der Waals surface area contributed by atoms with Crippen molar-refractivity contribution in [2.45, 2.75) is 18.9 Å². The number of thioether (sulfide) groups is 1. The van der Waals surface area contributed by atoms with Gasteiger partial charge in [0, 0.05) is 11.9 Å². The second-order valence-electron chi connectivity index (χ2n) is 5.33. The Balaban J connectivity index is 1.51. The first-order valence-electron chi connectivity index (χ1n) is 8.06. The van der Waals surface area contributed by atoms with Gasteiger partial charge in [-0.2, -0.15) is 4.98 Å². The topological polar surface area (TPSA) is 90.1 Å². The molecule has 2 heterocycles. The molecule has 0 aliphatic carbocycles. The van der Waals surface area contributed by atoms with E-state index in [1.54, 1.807) is 13.1 Å². The van der Waals surface area contributed by atoms with Gasteiger partial charge in [-0.15, -0.1) is 0 Å². The molecular formula is C18H18N4O3S. The van der Waals surface area contributed by atoms with Crippen molar-refractivity contribution in [3.8, 4) is 17.2 Å². The predicted octanol–water partition coefficient (Wildman–Crippen LogP) is 3.57. The Hall–Kier alpha value is -2.87. The number of aryl methyl sites for hydroxylation is 1. The van der Waals surface area contributed by atoms with Crippen molar-refractivity contribution in [2.24, 2.45) is 0 Å². The van der Waals surface area contributed by atoms with E-state index in [0.29, 0.717) is 18.3 Å². The Morgan fingerprint density at radius 1 is 1.23 bits per heavy atom. The number of anilines is 1. The number of ether oxygens (including phenoxy) is 1. The molecule has 2 aromatic heterocycles. The Labute approximate surface area is 155 Å². The lowest BCUT2D eigenvalue weighted by Gasteiger charge is -2.07. The zero-order valence-corrected chi connectivity index (χ0v) is 15.2. The van der Waals surface area contributed by atoms with Crippen LogP contribution in [0, 0.1) is 6.92 Å². The number of amides is 1. The van der Waals surface area contributed by atoms with Crippen LogP contribution in [0.4, 0.5) is 5.69 Å². The standard InChI is InChI=1S/C18H18N4O3S/c1-3-24-15-7-5-14(6-8-15)21-16(23)11-26-17-9-4-13(10-19-17)18-20-12(2)22-25-18/h4-10H,3,11H2,1-2H3,(H,21,23). The molecule has 0 saturated heterocycles. The van der Waals surface area contributed by atoms with Crippen molar-refractivity contribution >= 4 is 23.4 Å². The molecule has 134 valence electrons. The maximum atomic E-state index is 12.1. The van der Waals surface area contributed by atoms with Crippen molar-refractivity contribution in [1.82, 2.24) is 15.1 Å². The minimum Gasteiger partial charge on any atom is -0.494 e. The number of pyridine rings is 1. The van der Waals surface area contributed by atoms with Crippen LogP contribution < -0.4 is 10.1 Å². The summed E-state index contributed by atoms with van der Waals surface area (Å²) in [4.78, 5) is 20.5. The van der Waals surface area contributed by atoms with Gasteiger partial charge in [0.25, 0.3) is 5.89 Å². The van der Waals surface area contributed by atoms with E-state index in [2.05, 4.69) is 20.4 Å². The van der Waals surface area contributed by atoms with Gasteiger partial charge in [-0.25, -0.2) is 4.98 Å². The van der Waals surface area contributed by atoms with Gasteiger partial charge in [0.05, 0.1) is 22.9 Å². The summed E-state index contributed by atoms with van der Waals surface area (Å²) in [5.41, 5.74) is 1.47. The lowest BCUT2D eigenvalue weighted by atomic mass is 10.3. The molecule has 0 aliphatic heterocycles. The van der Waals surface area contributed by atoms with E-state index in [9.17, 15) is 4.79 Å². The minimum atomic E-state index is -0.0995. The van der Waals surface area contributed by atoms with E-state index >= 15 is 0 Å². The Morgan fingerprint density at radius 3 is 2.65 bits per heavy atom. The molecular weight excluding hydrogens is 352 g/mol. The molecule has 7 nitrogen and oxygen atoms in total. The fraction of sp³-hybridized carbons (Fsp3) is 0.222. The third-order valence-corrected chi connectivity index (χ3v) is 4.25. The molecule has 1 aromatic carbocycles. The highest BCUT2D eigenvalue weighted by atomic mass is 32.2. The van der Waals surface area contributed by atoms with E-state index in [0.717, 1.165) is 22.0 Å². The van der Waals surface area contributed by atoms with Crippen LogP contribution in [0.3, 0.4) is 0 Å². The second kappa shape index (κ2) is 8.48. The number of nitrogens with one attached hydrogen (secondary N) is 1. The monoisotopic (exact) mass is 370 g/mol. The zero-order valence-electron chi connectivity index (χ0n) is 14.4. The summed E-state index contributed by atoms with van der Waals surface area (Å²) in [5, 5.41) is 7.34. The second-order valence-corrected chi connectivity index (χ2v) is 6.32. The van der Waals surface area contributed by atoms with E-state index in [1.165, 1.54) is 11.8 Å². The molecule has 0 spiro atoms. The maximum absolute atomic E-state index is 12.1. The summed E-state index contributed by atoms with van der Waals surface area (Å²) in [7, 11) is 0. The van der Waals surface area contributed by atoms with Crippen LogP contribution in [-0.4, -0.2) is 33.4 Å². The number of nitrogens with zero attached hydrogens (tertiary/aromatic N) is 3. The van der Waals surface area contributed by atoms with E-state index in [-0.39, 0.29) is 11.7 Å². The van der Waals surface area contributed by atoms with Crippen molar-refractivity contribution in [3.63, 3.8) is 0 Å². The van der Waals surface area contributed by atoms with Gasteiger partial charge in [-0.3, -0.25) is 4.79 Å². The summed E-state index contributed by atoms with van der Waals surface area (Å²) < 4.78 is 10.5. The smallest absolute Gasteiger partial charge is 0.259 e. The third-order valence-electron chi connectivity index (χ3n) is 3.31. The zero-order chi connectivity index (χ0) is 18.4. The van der Waals surface area contributed by atoms with Crippen LogP contribution in [0.5, 0.6) is 5.75 Å². The first-order chi connectivity index (χ1) is 12.6. The quantitative estimate of drug-likeness (QED) is 0.636. The largest absolute Gasteiger partial charge is 0.494 e. The molecule has 0 atom stereocenters. The molecule has 0 fully saturated rings. The summed E-state index contributed by atoms with van der Waals surface area (Å²) in [6.07, 6.45) is 1.65. The molecule has 1 amide bonds. The first-order valence-corrected chi connectivity index (χ1v) is 9.05. The van der Waals surface area contributed by atoms with Crippen LogP contribution in [0.25, 0.3) is 11.5 Å². The molecule has 3 rings (SSSR count). The Morgan fingerprint density at radius 2 is 2.04 bits per heavy atom. The van der Waals surface area contributed by atoms with Gasteiger partial charge in [0.1, 0.15) is 5.75 Å². The third kappa shape index (κ3) is 4.82. The van der Waals surface area contributed by atoms with Gasteiger partial charge >= 0.3 is 0 Å². The summed E-state index contributed by atoms with van der Waals surface area (Å²) in [6, 6.07) is 10.9. The number of aromatic nitrogens is 3. The van der Waals surface area contributed by atoms with Crippen LogP contribution in [-0.2, 0) is 4.79 Å². The van der Waals surface area contributed by atoms with Gasteiger partial charge in [0.15, 0.2) is 5.82 Å². The SMILES string of the molecule is CCOc1ccc(NC(=O)CSc2ccc(-c3nc(C)no3)cn2)cc1. The lowest BCUT2D eigenvalue weighted by Crippen LogP contribution is -2.14. The van der Waals surface area contributed by atoms with Crippen molar-refractivity contribution < 1.29 is 14.1 Å². The number of hydrogen-bond donors (Lipinski definition) is 1. The van der Waals surface area contributed by atoms with Gasteiger partial charge in [-0.1, -0.05) is 16.9 Å². The van der Waals surface area contributed by atoms with Crippen molar-refractivity contribution in [2.75, 3.05) is 17.7 Å². The maximum Gasteiger partial charge on any atom is 0.259 e. The molecule has 3 aromatic rings. The fourth-order valence-corrected chi connectivity index (χ4v) is 2.79. The van der Waals surface area contributed by atoms with Crippen LogP contribution >= 0.6 is 11.8 Å². The average Bonchev–Trinajstić information content (AvgIpc) is 3.09. The highest BCUT2D eigenvalue weighted by Gasteiger charge is 2.08. The molecule has 26 heavy (non-hydrogen) atoms. The molecule has 1 N–H and O–H groups in total. The lowest BCUT2D eigenvalue weighted by molar-refractivity contribution is -0.113. The minimum absolute atomic E-state index is 0.0995. The number of rotatable bonds is 7. The summed E-state index contributed by atoms with van der Waals surface area (Å²) >= 11 is 1.35. The molecule has 0 unspecified atom stereocenters. The van der Waals surface area contributed by atoms with Gasteiger partial charge in [0.2, 0.25) is 5.91 Å². The number of hydrogen-bond acceptors (Lipinski definition) is 7. The van der Waals surface area contributed by atoms with Gasteiger partial charge in [-0.05, 0) is 50.2 Å². The highest BCUT2D eigenvalue weighted by molar-refractivity contribution is 7.99. The Kier molecular flexibility index (Phi) is 5.85. The Bertz CT molecular complexity index is 863. The number of benzene rings is 1. The fourth-order valence-electron chi connectivity index (χ4n) is 2.14. The van der Waals surface area contributed by atoms with Crippen LogP contribution in [0.1, 0.15) is 12.7 Å².